The number of ether oxygens (including phenoxy) is 1. The molecular weight excluding hydrogens is 554 g/mol. The van der Waals surface area contributed by atoms with E-state index in [1.54, 1.807) is 22.9 Å². The largest absolute Gasteiger partial charge is 0.471 e. The smallest absolute Gasteiger partial charge is 0.383 e. The standard InChI is InChI=1S/C30H31F4N5O3/c1-37-25(8-11-36-37)21-4-3-5-26-27(21)23(18-39(26)14-15-42-2)28(40)38-12-9-20(10-13-38)22-16-19(6-7-24(22)31)17-35-29(41)30(32,33)34/h3-8,11,16,18,20H,9-10,12-15,17H2,1-2H3,(H,35,41). The van der Waals surface area contributed by atoms with E-state index in [0.717, 1.165) is 22.2 Å². The van der Waals surface area contributed by atoms with Gasteiger partial charge in [-0.2, -0.15) is 18.3 Å². The van der Waals surface area contributed by atoms with E-state index in [-0.39, 0.29) is 18.4 Å². The normalized spacial score (nSPS) is 14.5. The van der Waals surface area contributed by atoms with Crippen molar-refractivity contribution in [3.63, 3.8) is 0 Å². The summed E-state index contributed by atoms with van der Waals surface area (Å²) in [5.74, 6) is -2.86. The summed E-state index contributed by atoms with van der Waals surface area (Å²) in [7, 11) is 3.47. The molecule has 0 atom stereocenters. The van der Waals surface area contributed by atoms with Crippen LogP contribution in [0.3, 0.4) is 0 Å². The third-order valence-corrected chi connectivity index (χ3v) is 7.76. The first kappa shape index (κ1) is 29.3. The Labute approximate surface area is 239 Å². The fourth-order valence-corrected chi connectivity index (χ4v) is 5.60. The molecular formula is C30H31F4N5O3. The van der Waals surface area contributed by atoms with Crippen molar-refractivity contribution in [2.45, 2.75) is 38.0 Å². The van der Waals surface area contributed by atoms with Crippen molar-refractivity contribution in [2.24, 2.45) is 7.05 Å². The molecule has 1 aliphatic heterocycles. The third kappa shape index (κ3) is 5.89. The van der Waals surface area contributed by atoms with Crippen LogP contribution in [0.5, 0.6) is 0 Å². The van der Waals surface area contributed by atoms with Crippen LogP contribution >= 0.6 is 0 Å². The molecule has 1 N–H and O–H groups in total. The summed E-state index contributed by atoms with van der Waals surface area (Å²) in [6.07, 6.45) is -0.455. The first-order valence-corrected chi connectivity index (χ1v) is 13.6. The highest BCUT2D eigenvalue weighted by atomic mass is 19.4. The minimum absolute atomic E-state index is 0.131. The number of aromatic nitrogens is 3. The molecule has 0 bridgehead atoms. The Kier molecular flexibility index (Phi) is 8.35. The number of hydrogen-bond acceptors (Lipinski definition) is 4. The number of nitrogens with zero attached hydrogens (tertiary/aromatic N) is 4. The monoisotopic (exact) mass is 585 g/mol. The van der Waals surface area contributed by atoms with Gasteiger partial charge in [0.15, 0.2) is 0 Å². The molecule has 8 nitrogen and oxygen atoms in total. The van der Waals surface area contributed by atoms with Crippen LogP contribution in [0.2, 0.25) is 0 Å². The molecule has 0 saturated carbocycles. The minimum Gasteiger partial charge on any atom is -0.383 e. The molecule has 5 rings (SSSR count). The lowest BCUT2D eigenvalue weighted by Gasteiger charge is -2.32. The number of rotatable bonds is 8. The number of aryl methyl sites for hydroxylation is 1. The molecule has 0 spiro atoms. The summed E-state index contributed by atoms with van der Waals surface area (Å²) in [6.45, 7) is 1.45. The second-order valence-electron chi connectivity index (χ2n) is 10.4. The number of hydrogen-bond donors (Lipinski definition) is 1. The van der Waals surface area contributed by atoms with E-state index < -0.39 is 17.9 Å². The zero-order valence-electron chi connectivity index (χ0n) is 23.2. The molecule has 222 valence electrons. The number of carbonyl (C=O) groups is 2. The van der Waals surface area contributed by atoms with E-state index in [1.807, 2.05) is 47.4 Å². The predicted molar refractivity (Wildman–Crippen MR) is 148 cm³/mol. The van der Waals surface area contributed by atoms with Gasteiger partial charge in [0, 0.05) is 69.2 Å². The highest BCUT2D eigenvalue weighted by Gasteiger charge is 2.38. The van der Waals surface area contributed by atoms with E-state index in [4.69, 9.17) is 4.74 Å². The van der Waals surface area contributed by atoms with Gasteiger partial charge in [-0.15, -0.1) is 0 Å². The molecule has 0 unspecified atom stereocenters. The average Bonchev–Trinajstić information content (AvgIpc) is 3.58. The van der Waals surface area contributed by atoms with Gasteiger partial charge < -0.3 is 19.5 Å². The van der Waals surface area contributed by atoms with E-state index in [0.29, 0.717) is 55.8 Å². The first-order valence-electron chi connectivity index (χ1n) is 13.6. The van der Waals surface area contributed by atoms with Crippen LogP contribution in [0.1, 0.15) is 40.2 Å². The zero-order chi connectivity index (χ0) is 30.0. The summed E-state index contributed by atoms with van der Waals surface area (Å²) in [4.78, 5) is 26.9. The van der Waals surface area contributed by atoms with E-state index in [9.17, 15) is 27.2 Å². The van der Waals surface area contributed by atoms with Crippen molar-refractivity contribution in [1.82, 2.24) is 24.6 Å². The van der Waals surface area contributed by atoms with E-state index in [2.05, 4.69) is 5.10 Å². The fraction of sp³-hybridized carbons (Fsp3) is 0.367. The maximum atomic E-state index is 14.8. The highest BCUT2D eigenvalue weighted by Crippen LogP contribution is 2.35. The molecule has 1 aliphatic rings. The van der Waals surface area contributed by atoms with Crippen LogP contribution in [0.15, 0.2) is 54.9 Å². The number of methoxy groups -OCH3 is 1. The molecule has 2 amide bonds. The molecule has 12 heteroatoms. The van der Waals surface area contributed by atoms with Crippen molar-refractivity contribution < 1.29 is 31.9 Å². The van der Waals surface area contributed by atoms with Crippen molar-refractivity contribution >= 4 is 22.7 Å². The summed E-state index contributed by atoms with van der Waals surface area (Å²) in [5.41, 5.74) is 3.97. The van der Waals surface area contributed by atoms with Gasteiger partial charge in [0.1, 0.15) is 5.82 Å². The SMILES string of the molecule is COCCn1cc(C(=O)N2CCC(c3cc(CNC(=O)C(F)(F)F)ccc3F)CC2)c2c(-c3ccnn3C)cccc21. The van der Waals surface area contributed by atoms with E-state index in [1.165, 1.54) is 18.2 Å². The number of likely N-dealkylation sites (tertiary alicyclic amines) is 1. The molecule has 1 saturated heterocycles. The summed E-state index contributed by atoms with van der Waals surface area (Å²) >= 11 is 0. The molecule has 4 aromatic rings. The van der Waals surface area contributed by atoms with Crippen LogP contribution in [-0.4, -0.2) is 64.0 Å². The van der Waals surface area contributed by atoms with Gasteiger partial charge in [-0.1, -0.05) is 24.3 Å². The second kappa shape index (κ2) is 12.0. The van der Waals surface area contributed by atoms with Crippen molar-refractivity contribution in [1.29, 1.82) is 0 Å². The van der Waals surface area contributed by atoms with Crippen LogP contribution in [-0.2, 0) is 29.7 Å². The lowest BCUT2D eigenvalue weighted by Crippen LogP contribution is -2.38. The lowest BCUT2D eigenvalue weighted by molar-refractivity contribution is -0.173. The van der Waals surface area contributed by atoms with Crippen LogP contribution < -0.4 is 5.32 Å². The van der Waals surface area contributed by atoms with Gasteiger partial charge in [0.2, 0.25) is 0 Å². The Morgan fingerprint density at radius 3 is 2.55 bits per heavy atom. The third-order valence-electron chi connectivity index (χ3n) is 7.76. The average molecular weight is 586 g/mol. The lowest BCUT2D eigenvalue weighted by atomic mass is 9.88. The Morgan fingerprint density at radius 2 is 1.88 bits per heavy atom. The summed E-state index contributed by atoms with van der Waals surface area (Å²) in [6, 6.07) is 11.8. The summed E-state index contributed by atoms with van der Waals surface area (Å²) in [5, 5.41) is 6.94. The zero-order valence-corrected chi connectivity index (χ0v) is 23.2. The van der Waals surface area contributed by atoms with Gasteiger partial charge >= 0.3 is 12.1 Å². The van der Waals surface area contributed by atoms with Crippen molar-refractivity contribution in [2.75, 3.05) is 26.8 Å². The second-order valence-corrected chi connectivity index (χ2v) is 10.4. The van der Waals surface area contributed by atoms with Crippen LogP contribution in [0.4, 0.5) is 17.6 Å². The van der Waals surface area contributed by atoms with Crippen molar-refractivity contribution in [3.8, 4) is 11.3 Å². The topological polar surface area (TPSA) is 81.4 Å². The number of nitrogens with one attached hydrogen (secondary N) is 1. The van der Waals surface area contributed by atoms with Crippen LogP contribution in [0, 0.1) is 5.82 Å². The molecule has 1 fully saturated rings. The molecule has 0 radical (unpaired) electrons. The maximum Gasteiger partial charge on any atom is 0.471 e. The first-order chi connectivity index (χ1) is 20.1. The molecule has 2 aromatic heterocycles. The molecule has 42 heavy (non-hydrogen) atoms. The van der Waals surface area contributed by atoms with Gasteiger partial charge in [-0.25, -0.2) is 4.39 Å². The maximum absolute atomic E-state index is 14.8. The van der Waals surface area contributed by atoms with Gasteiger partial charge in [0.25, 0.3) is 5.91 Å². The quantitative estimate of drug-likeness (QED) is 0.295. The number of halogens is 4. The Hall–Kier alpha value is -4.19. The van der Waals surface area contributed by atoms with E-state index >= 15 is 0 Å². The molecule has 0 aliphatic carbocycles. The molecule has 2 aromatic carbocycles. The number of benzene rings is 2. The number of carbonyl (C=O) groups excluding carboxylic acids is 2. The Bertz CT molecular complexity index is 1600. The van der Waals surface area contributed by atoms with Gasteiger partial charge in [0.05, 0.1) is 17.9 Å². The number of amides is 2. The number of piperidine rings is 1. The number of alkyl halides is 3. The molecule has 3 heterocycles. The number of fused-ring (bicyclic) bond motifs is 1. The van der Waals surface area contributed by atoms with Crippen LogP contribution in [0.25, 0.3) is 22.2 Å². The minimum atomic E-state index is -4.99. The highest BCUT2D eigenvalue weighted by molar-refractivity contribution is 6.12. The van der Waals surface area contributed by atoms with Gasteiger partial charge in [-0.05, 0) is 48.1 Å². The fourth-order valence-electron chi connectivity index (χ4n) is 5.60. The predicted octanol–water partition coefficient (Wildman–Crippen LogP) is 5.03. The Morgan fingerprint density at radius 1 is 1.12 bits per heavy atom. The Balaban J connectivity index is 1.36. The summed E-state index contributed by atoms with van der Waals surface area (Å²) < 4.78 is 61.5. The van der Waals surface area contributed by atoms with Crippen molar-refractivity contribution in [3.05, 3.63) is 77.4 Å². The van der Waals surface area contributed by atoms with Gasteiger partial charge in [-0.3, -0.25) is 14.3 Å².